The van der Waals surface area contributed by atoms with Gasteiger partial charge in [0.15, 0.2) is 5.78 Å². The molecule has 0 bridgehead atoms. The standard InChI is InChI=1S/C20H18N2O3S/c1-14-7-5-6-10-16(14)17(23)11-20-22(19(25)13-26-20)12-18(24)21-15-8-3-2-4-9-15/h2-11H,12-13H2,1H3,(H,21,24)/b20-11-. The Morgan fingerprint density at radius 3 is 2.54 bits per heavy atom. The number of carbonyl (C=O) groups is 3. The maximum Gasteiger partial charge on any atom is 0.244 e. The van der Waals surface area contributed by atoms with Crippen LogP contribution in [0, 0.1) is 6.92 Å². The van der Waals surface area contributed by atoms with E-state index in [0.29, 0.717) is 16.3 Å². The van der Waals surface area contributed by atoms with E-state index < -0.39 is 0 Å². The molecule has 0 unspecified atom stereocenters. The average Bonchev–Trinajstić information content (AvgIpc) is 2.96. The van der Waals surface area contributed by atoms with Crippen molar-refractivity contribution in [3.8, 4) is 0 Å². The van der Waals surface area contributed by atoms with Crippen LogP contribution < -0.4 is 5.32 Å². The third-order valence-corrected chi connectivity index (χ3v) is 4.96. The molecule has 0 spiro atoms. The first-order valence-corrected chi connectivity index (χ1v) is 9.13. The highest BCUT2D eigenvalue weighted by Gasteiger charge is 2.29. The maximum absolute atomic E-state index is 12.5. The molecule has 2 amide bonds. The quantitative estimate of drug-likeness (QED) is 0.652. The topological polar surface area (TPSA) is 66.5 Å². The number of hydrogen-bond acceptors (Lipinski definition) is 4. The lowest BCUT2D eigenvalue weighted by Crippen LogP contribution is -2.33. The zero-order chi connectivity index (χ0) is 18.5. The number of amides is 2. The van der Waals surface area contributed by atoms with Crippen molar-refractivity contribution in [2.24, 2.45) is 0 Å². The summed E-state index contributed by atoms with van der Waals surface area (Å²) in [5, 5.41) is 3.26. The second-order valence-corrected chi connectivity index (χ2v) is 6.84. The van der Waals surface area contributed by atoms with Crippen LogP contribution in [0.25, 0.3) is 0 Å². The molecule has 0 aromatic heterocycles. The zero-order valence-corrected chi connectivity index (χ0v) is 15.1. The van der Waals surface area contributed by atoms with Crippen molar-refractivity contribution in [3.63, 3.8) is 0 Å². The highest BCUT2D eigenvalue weighted by Crippen LogP contribution is 2.29. The molecule has 0 atom stereocenters. The molecule has 5 nitrogen and oxygen atoms in total. The molecule has 0 radical (unpaired) electrons. The molecule has 2 aromatic rings. The van der Waals surface area contributed by atoms with Crippen molar-refractivity contribution in [1.29, 1.82) is 0 Å². The Balaban J connectivity index is 1.73. The Kier molecular flexibility index (Phi) is 5.53. The monoisotopic (exact) mass is 366 g/mol. The molecule has 3 rings (SSSR count). The van der Waals surface area contributed by atoms with E-state index in [2.05, 4.69) is 5.32 Å². The van der Waals surface area contributed by atoms with Crippen LogP contribution in [0.4, 0.5) is 5.69 Å². The highest BCUT2D eigenvalue weighted by atomic mass is 32.2. The number of carbonyl (C=O) groups excluding carboxylic acids is 3. The molecule has 1 saturated heterocycles. The van der Waals surface area contributed by atoms with Crippen molar-refractivity contribution in [2.75, 3.05) is 17.6 Å². The van der Waals surface area contributed by atoms with Crippen LogP contribution in [-0.4, -0.2) is 34.8 Å². The molecule has 1 fully saturated rings. The van der Waals surface area contributed by atoms with Gasteiger partial charge in [0, 0.05) is 17.3 Å². The minimum Gasteiger partial charge on any atom is -0.325 e. The first-order chi connectivity index (χ1) is 12.5. The molecular weight excluding hydrogens is 348 g/mol. The summed E-state index contributed by atoms with van der Waals surface area (Å²) in [6, 6.07) is 16.3. The zero-order valence-electron chi connectivity index (χ0n) is 14.3. The number of thioether (sulfide) groups is 1. The lowest BCUT2D eigenvalue weighted by Gasteiger charge is -2.16. The minimum absolute atomic E-state index is 0.117. The molecule has 1 N–H and O–H groups in total. The van der Waals surface area contributed by atoms with E-state index in [0.717, 1.165) is 5.56 Å². The van der Waals surface area contributed by atoms with Crippen LogP contribution in [0.2, 0.25) is 0 Å². The van der Waals surface area contributed by atoms with Gasteiger partial charge in [0.2, 0.25) is 11.8 Å². The third kappa shape index (κ3) is 4.21. The molecule has 26 heavy (non-hydrogen) atoms. The second-order valence-electron chi connectivity index (χ2n) is 5.84. The van der Waals surface area contributed by atoms with E-state index in [9.17, 15) is 14.4 Å². The molecule has 6 heteroatoms. The van der Waals surface area contributed by atoms with Gasteiger partial charge in [-0.05, 0) is 24.6 Å². The molecule has 132 valence electrons. The number of aryl methyl sites for hydroxylation is 1. The summed E-state index contributed by atoms with van der Waals surface area (Å²) in [6.45, 7) is 1.75. The first-order valence-electron chi connectivity index (χ1n) is 8.14. The number of nitrogens with one attached hydrogen (secondary N) is 1. The van der Waals surface area contributed by atoms with Crippen LogP contribution in [-0.2, 0) is 9.59 Å². The maximum atomic E-state index is 12.5. The smallest absolute Gasteiger partial charge is 0.244 e. The predicted octanol–water partition coefficient (Wildman–Crippen LogP) is 3.23. The summed E-state index contributed by atoms with van der Waals surface area (Å²) in [7, 11) is 0. The predicted molar refractivity (Wildman–Crippen MR) is 103 cm³/mol. The van der Waals surface area contributed by atoms with Crippen molar-refractivity contribution in [1.82, 2.24) is 4.90 Å². The van der Waals surface area contributed by atoms with Crippen LogP contribution in [0.3, 0.4) is 0 Å². The van der Waals surface area contributed by atoms with E-state index in [-0.39, 0.29) is 29.9 Å². The van der Waals surface area contributed by atoms with Crippen molar-refractivity contribution in [2.45, 2.75) is 6.92 Å². The molecule has 0 saturated carbocycles. The second kappa shape index (κ2) is 8.01. The molecule has 1 aliphatic heterocycles. The van der Waals surface area contributed by atoms with E-state index in [1.165, 1.54) is 22.7 Å². The number of allylic oxidation sites excluding steroid dienone is 1. The number of para-hydroxylation sites is 1. The summed E-state index contributed by atoms with van der Waals surface area (Å²) in [5.41, 5.74) is 2.13. The SMILES string of the molecule is Cc1ccccc1C(=O)/C=C1\SCC(=O)N1CC(=O)Nc1ccccc1. The third-order valence-electron chi connectivity index (χ3n) is 3.93. The number of rotatable bonds is 5. The fourth-order valence-electron chi connectivity index (χ4n) is 2.60. The van der Waals surface area contributed by atoms with Crippen LogP contribution in [0.5, 0.6) is 0 Å². The largest absolute Gasteiger partial charge is 0.325 e. The van der Waals surface area contributed by atoms with Gasteiger partial charge in [-0.3, -0.25) is 19.3 Å². The number of ketones is 1. The summed E-state index contributed by atoms with van der Waals surface area (Å²) >= 11 is 1.27. The van der Waals surface area contributed by atoms with Crippen LogP contribution in [0.15, 0.2) is 65.7 Å². The van der Waals surface area contributed by atoms with Gasteiger partial charge < -0.3 is 5.32 Å². The molecular formula is C20H18N2O3S. The number of nitrogens with zero attached hydrogens (tertiary/aromatic N) is 1. The van der Waals surface area contributed by atoms with Gasteiger partial charge in [-0.15, -0.1) is 0 Å². The van der Waals surface area contributed by atoms with E-state index in [1.807, 2.05) is 37.3 Å². The molecule has 1 heterocycles. The molecule has 2 aromatic carbocycles. The Labute approximate surface area is 156 Å². The summed E-state index contributed by atoms with van der Waals surface area (Å²) in [4.78, 5) is 38.3. The van der Waals surface area contributed by atoms with Crippen molar-refractivity contribution in [3.05, 3.63) is 76.8 Å². The summed E-state index contributed by atoms with van der Waals surface area (Å²) < 4.78 is 0. The Morgan fingerprint density at radius 1 is 1.12 bits per heavy atom. The minimum atomic E-state index is -0.304. The fourth-order valence-corrected chi connectivity index (χ4v) is 3.54. The van der Waals surface area contributed by atoms with Crippen LogP contribution >= 0.6 is 11.8 Å². The van der Waals surface area contributed by atoms with E-state index >= 15 is 0 Å². The van der Waals surface area contributed by atoms with Crippen molar-refractivity contribution < 1.29 is 14.4 Å². The Hall–Kier alpha value is -2.86. The number of hydrogen-bond donors (Lipinski definition) is 1. The van der Waals surface area contributed by atoms with Gasteiger partial charge in [-0.25, -0.2) is 0 Å². The Morgan fingerprint density at radius 2 is 1.81 bits per heavy atom. The van der Waals surface area contributed by atoms with Gasteiger partial charge in [-0.1, -0.05) is 54.2 Å². The van der Waals surface area contributed by atoms with E-state index in [4.69, 9.17) is 0 Å². The fraction of sp³-hybridized carbons (Fsp3) is 0.150. The van der Waals surface area contributed by atoms with Crippen molar-refractivity contribution >= 4 is 35.0 Å². The highest BCUT2D eigenvalue weighted by molar-refractivity contribution is 8.04. The normalized spacial score (nSPS) is 15.3. The van der Waals surface area contributed by atoms with E-state index in [1.54, 1.807) is 24.3 Å². The average molecular weight is 366 g/mol. The molecule has 1 aliphatic rings. The number of benzene rings is 2. The van der Waals surface area contributed by atoms with Gasteiger partial charge in [0.05, 0.1) is 10.8 Å². The lowest BCUT2D eigenvalue weighted by molar-refractivity contribution is -0.129. The van der Waals surface area contributed by atoms with Gasteiger partial charge in [-0.2, -0.15) is 0 Å². The van der Waals surface area contributed by atoms with Gasteiger partial charge in [0.1, 0.15) is 6.54 Å². The van der Waals surface area contributed by atoms with Gasteiger partial charge in [0.25, 0.3) is 0 Å². The summed E-state index contributed by atoms with van der Waals surface area (Å²) in [5.74, 6) is -0.428. The molecule has 0 aliphatic carbocycles. The lowest BCUT2D eigenvalue weighted by atomic mass is 10.1. The Bertz CT molecular complexity index is 878. The first kappa shape index (κ1) is 17.9. The van der Waals surface area contributed by atoms with Gasteiger partial charge >= 0.3 is 0 Å². The number of anilines is 1. The van der Waals surface area contributed by atoms with Crippen LogP contribution in [0.1, 0.15) is 15.9 Å². The summed E-state index contributed by atoms with van der Waals surface area (Å²) in [6.07, 6.45) is 1.44.